The molecule has 0 aromatic rings. The Bertz CT molecular complexity index is 308. The van der Waals surface area contributed by atoms with E-state index in [1.807, 2.05) is 0 Å². The third-order valence-corrected chi connectivity index (χ3v) is 4.93. The highest BCUT2D eigenvalue weighted by molar-refractivity contribution is 7.91. The van der Waals surface area contributed by atoms with Crippen molar-refractivity contribution in [2.75, 3.05) is 18.1 Å². The molecular weight excluding hydrogens is 229 g/mol. The minimum Gasteiger partial charge on any atom is -0.328 e. The van der Waals surface area contributed by atoms with Crippen molar-refractivity contribution in [2.24, 2.45) is 11.1 Å². The average Bonchev–Trinajstić information content (AvgIpc) is 2.15. The van der Waals surface area contributed by atoms with E-state index in [0.29, 0.717) is 6.42 Å². The van der Waals surface area contributed by atoms with Gasteiger partial charge in [-0.1, -0.05) is 27.7 Å². The van der Waals surface area contributed by atoms with Gasteiger partial charge in [0.15, 0.2) is 0 Å². The Kier molecular flexibility index (Phi) is 5.39. The van der Waals surface area contributed by atoms with Gasteiger partial charge in [-0.05, 0) is 18.3 Å². The third-order valence-electron chi connectivity index (χ3n) is 3.14. The van der Waals surface area contributed by atoms with Gasteiger partial charge in [0.25, 0.3) is 0 Å². The van der Waals surface area contributed by atoms with Gasteiger partial charge in [0.2, 0.25) is 0 Å². The van der Waals surface area contributed by atoms with Crippen LogP contribution in [0.25, 0.3) is 0 Å². The number of sulfone groups is 1. The van der Waals surface area contributed by atoms with Crippen molar-refractivity contribution in [2.45, 2.75) is 46.2 Å². The van der Waals surface area contributed by atoms with Crippen LogP contribution >= 0.6 is 0 Å². The van der Waals surface area contributed by atoms with Crippen molar-refractivity contribution >= 4 is 9.84 Å². The van der Waals surface area contributed by atoms with Crippen LogP contribution < -0.4 is 5.73 Å². The number of rotatable bonds is 6. The Morgan fingerprint density at radius 1 is 1.25 bits per heavy atom. The summed E-state index contributed by atoms with van der Waals surface area (Å²) in [6, 6.07) is 0. The van der Waals surface area contributed by atoms with E-state index < -0.39 is 20.9 Å². The highest BCUT2D eigenvalue weighted by Gasteiger charge is 2.40. The Morgan fingerprint density at radius 3 is 2.06 bits per heavy atom. The van der Waals surface area contributed by atoms with E-state index in [-0.39, 0.29) is 24.5 Å². The molecule has 0 bridgehead atoms. The Morgan fingerprint density at radius 2 is 1.75 bits per heavy atom. The summed E-state index contributed by atoms with van der Waals surface area (Å²) in [5.74, 6) is 0.162. The molecule has 0 aliphatic rings. The molecule has 16 heavy (non-hydrogen) atoms. The fourth-order valence-electron chi connectivity index (χ4n) is 1.50. The zero-order valence-electron chi connectivity index (χ0n) is 10.7. The monoisotopic (exact) mass is 253 g/mol. The molecule has 0 aliphatic heterocycles. The predicted octanol–water partition coefficient (Wildman–Crippen LogP) is 1.91. The van der Waals surface area contributed by atoms with Gasteiger partial charge in [-0.2, -0.15) is 0 Å². The van der Waals surface area contributed by atoms with Gasteiger partial charge in [-0.25, -0.2) is 12.8 Å². The topological polar surface area (TPSA) is 60.2 Å². The summed E-state index contributed by atoms with van der Waals surface area (Å²) >= 11 is 0. The fraction of sp³-hybridized carbons (Fsp3) is 1.00. The Hall–Kier alpha value is -0.160. The van der Waals surface area contributed by atoms with Crippen LogP contribution in [0.3, 0.4) is 0 Å². The largest absolute Gasteiger partial charge is 0.328 e. The lowest BCUT2D eigenvalue weighted by Crippen LogP contribution is -2.45. The molecule has 0 aromatic carbocycles. The van der Waals surface area contributed by atoms with Gasteiger partial charge >= 0.3 is 0 Å². The smallest absolute Gasteiger partial charge is 0.150 e. The number of hydrogen-bond acceptors (Lipinski definition) is 3. The van der Waals surface area contributed by atoms with Crippen LogP contribution in [0.2, 0.25) is 0 Å². The maximum Gasteiger partial charge on any atom is 0.150 e. The molecule has 1 unspecified atom stereocenters. The second-order valence-electron chi connectivity index (χ2n) is 5.26. The summed E-state index contributed by atoms with van der Waals surface area (Å²) in [5.41, 5.74) is 3.40. The van der Waals surface area contributed by atoms with Crippen molar-refractivity contribution in [3.05, 3.63) is 0 Å². The van der Waals surface area contributed by atoms with Crippen LogP contribution in [0, 0.1) is 5.41 Å². The molecule has 1 atom stereocenters. The van der Waals surface area contributed by atoms with E-state index in [1.165, 1.54) is 0 Å². The van der Waals surface area contributed by atoms with E-state index in [9.17, 15) is 12.8 Å². The zero-order valence-corrected chi connectivity index (χ0v) is 11.5. The summed E-state index contributed by atoms with van der Waals surface area (Å²) < 4.78 is 36.9. The highest BCUT2D eigenvalue weighted by Crippen LogP contribution is 2.37. The summed E-state index contributed by atoms with van der Waals surface area (Å²) in [6.07, 6.45) is 0.535. The van der Waals surface area contributed by atoms with E-state index in [2.05, 4.69) is 0 Å². The second-order valence-corrected chi connectivity index (χ2v) is 7.73. The van der Waals surface area contributed by atoms with Gasteiger partial charge in [0.1, 0.15) is 15.5 Å². The molecule has 0 aromatic heterocycles. The Balaban J connectivity index is 4.39. The number of hydrogen-bond donors (Lipinski definition) is 1. The SMILES string of the molecule is CCS(=O)(=O)CCCC(F)(CN)C(C)(C)C. The van der Waals surface area contributed by atoms with Gasteiger partial charge in [0, 0.05) is 12.3 Å². The van der Waals surface area contributed by atoms with Crippen LogP contribution in [0.15, 0.2) is 0 Å². The lowest BCUT2D eigenvalue weighted by Gasteiger charge is -2.37. The molecule has 0 fully saturated rings. The van der Waals surface area contributed by atoms with Crippen LogP contribution in [-0.2, 0) is 9.84 Å². The van der Waals surface area contributed by atoms with Crippen LogP contribution in [0.1, 0.15) is 40.5 Å². The molecule has 0 saturated heterocycles. The predicted molar refractivity (Wildman–Crippen MR) is 65.9 cm³/mol. The molecule has 0 amide bonds. The van der Waals surface area contributed by atoms with Crippen molar-refractivity contribution in [1.29, 1.82) is 0 Å². The molecule has 2 N–H and O–H groups in total. The minimum atomic E-state index is -3.00. The summed E-state index contributed by atoms with van der Waals surface area (Å²) in [7, 11) is -3.00. The maximum absolute atomic E-state index is 14.4. The summed E-state index contributed by atoms with van der Waals surface area (Å²) in [5, 5.41) is 0. The molecular formula is C11H24FNO2S. The molecule has 0 rings (SSSR count). The van der Waals surface area contributed by atoms with E-state index in [1.54, 1.807) is 27.7 Å². The normalized spacial score (nSPS) is 17.1. The lowest BCUT2D eigenvalue weighted by molar-refractivity contribution is 0.0288. The summed E-state index contributed by atoms with van der Waals surface area (Å²) in [4.78, 5) is 0. The van der Waals surface area contributed by atoms with E-state index in [0.717, 1.165) is 0 Å². The standard InChI is InChI=1S/C11H24FNO2S/c1-5-16(14,15)8-6-7-11(12,9-13)10(2,3)4/h5-9,13H2,1-4H3. The number of halogens is 1. The first-order valence-corrected chi connectivity index (χ1v) is 7.49. The highest BCUT2D eigenvalue weighted by atomic mass is 32.2. The minimum absolute atomic E-state index is 0.0469. The van der Waals surface area contributed by atoms with Crippen LogP contribution in [0.5, 0.6) is 0 Å². The van der Waals surface area contributed by atoms with Gasteiger partial charge in [0.05, 0.1) is 5.75 Å². The van der Waals surface area contributed by atoms with Gasteiger partial charge < -0.3 is 5.73 Å². The lowest BCUT2D eigenvalue weighted by atomic mass is 9.75. The van der Waals surface area contributed by atoms with Crippen molar-refractivity contribution < 1.29 is 12.8 Å². The zero-order chi connectivity index (χ0) is 13.0. The first kappa shape index (κ1) is 15.8. The third kappa shape index (κ3) is 4.37. The quantitative estimate of drug-likeness (QED) is 0.786. The summed E-state index contributed by atoms with van der Waals surface area (Å²) in [6.45, 7) is 6.89. The van der Waals surface area contributed by atoms with Crippen molar-refractivity contribution in [1.82, 2.24) is 0 Å². The molecule has 0 heterocycles. The molecule has 98 valence electrons. The van der Waals surface area contributed by atoms with Crippen LogP contribution in [-0.4, -0.2) is 32.1 Å². The van der Waals surface area contributed by atoms with E-state index >= 15 is 0 Å². The van der Waals surface area contributed by atoms with Crippen molar-refractivity contribution in [3.8, 4) is 0 Å². The first-order chi connectivity index (χ1) is 7.08. The van der Waals surface area contributed by atoms with E-state index in [4.69, 9.17) is 5.73 Å². The average molecular weight is 253 g/mol. The second kappa shape index (κ2) is 5.45. The first-order valence-electron chi connectivity index (χ1n) is 5.67. The van der Waals surface area contributed by atoms with Crippen LogP contribution in [0.4, 0.5) is 4.39 Å². The maximum atomic E-state index is 14.4. The van der Waals surface area contributed by atoms with Gasteiger partial charge in [-0.15, -0.1) is 0 Å². The van der Waals surface area contributed by atoms with Crippen molar-refractivity contribution in [3.63, 3.8) is 0 Å². The van der Waals surface area contributed by atoms with Gasteiger partial charge in [-0.3, -0.25) is 0 Å². The number of nitrogens with two attached hydrogens (primary N) is 1. The molecule has 5 heteroatoms. The fourth-order valence-corrected chi connectivity index (χ4v) is 2.37. The number of alkyl halides is 1. The molecule has 0 spiro atoms. The molecule has 0 radical (unpaired) electrons. The molecule has 0 aliphatic carbocycles. The molecule has 3 nitrogen and oxygen atoms in total. The Labute approximate surface area is 98.5 Å². The molecule has 0 saturated carbocycles.